The van der Waals surface area contributed by atoms with Crippen molar-refractivity contribution in [2.24, 2.45) is 5.10 Å². The Hall–Kier alpha value is -2.79. The summed E-state index contributed by atoms with van der Waals surface area (Å²) in [6.45, 7) is 1.17. The number of nitrogens with zero attached hydrogens (tertiary/aromatic N) is 2. The van der Waals surface area contributed by atoms with Crippen molar-refractivity contribution in [1.82, 2.24) is 0 Å². The molecule has 0 radical (unpaired) electrons. The molecule has 0 saturated carbocycles. The average Bonchev–Trinajstić information content (AvgIpc) is 3.07. The largest absolute Gasteiger partial charge is 0.485 e. The number of fused-ring (bicyclic) bond motifs is 1. The van der Waals surface area contributed by atoms with Gasteiger partial charge >= 0.3 is 0 Å². The third kappa shape index (κ3) is 2.98. The fourth-order valence-corrected chi connectivity index (χ4v) is 3.29. The molecule has 1 aromatic heterocycles. The molecule has 120 valence electrons. The maximum atomic E-state index is 5.71. The van der Waals surface area contributed by atoms with E-state index in [1.165, 1.54) is 0 Å². The number of anilines is 2. The Morgan fingerprint density at radius 3 is 2.17 bits per heavy atom. The van der Waals surface area contributed by atoms with Crippen molar-refractivity contribution in [3.63, 3.8) is 0 Å². The highest BCUT2D eigenvalue weighted by Gasteiger charge is 2.17. The Morgan fingerprint density at radius 2 is 1.50 bits per heavy atom. The van der Waals surface area contributed by atoms with E-state index >= 15 is 0 Å². The first kappa shape index (κ1) is 14.8. The van der Waals surface area contributed by atoms with E-state index in [2.05, 4.69) is 0 Å². The second kappa shape index (κ2) is 6.76. The lowest BCUT2D eigenvalue weighted by Gasteiger charge is -2.19. The summed E-state index contributed by atoms with van der Waals surface area (Å²) in [5.74, 6) is 1.59. The summed E-state index contributed by atoms with van der Waals surface area (Å²) in [7, 11) is 0. The summed E-state index contributed by atoms with van der Waals surface area (Å²) in [6, 6.07) is 20.2. The van der Waals surface area contributed by atoms with Gasteiger partial charge in [-0.2, -0.15) is 5.10 Å². The molecule has 4 rings (SSSR count). The number of hydrogen-bond acceptors (Lipinski definition) is 5. The van der Waals surface area contributed by atoms with Gasteiger partial charge in [0, 0.05) is 5.38 Å². The van der Waals surface area contributed by atoms with E-state index in [0.29, 0.717) is 13.2 Å². The zero-order valence-electron chi connectivity index (χ0n) is 13.0. The van der Waals surface area contributed by atoms with Crippen LogP contribution in [0.15, 0.2) is 71.1 Å². The normalized spacial score (nSPS) is 13.2. The van der Waals surface area contributed by atoms with Crippen molar-refractivity contribution >= 4 is 28.9 Å². The molecule has 24 heavy (non-hydrogen) atoms. The van der Waals surface area contributed by atoms with Gasteiger partial charge in [0.1, 0.15) is 13.2 Å². The molecule has 0 saturated heterocycles. The molecule has 0 N–H and O–H groups in total. The van der Waals surface area contributed by atoms with E-state index in [-0.39, 0.29) is 0 Å². The fourth-order valence-electron chi connectivity index (χ4n) is 2.50. The third-order valence-electron chi connectivity index (χ3n) is 3.62. The maximum absolute atomic E-state index is 5.71. The quantitative estimate of drug-likeness (QED) is 0.512. The van der Waals surface area contributed by atoms with Gasteiger partial charge in [-0.1, -0.05) is 36.4 Å². The first-order valence-electron chi connectivity index (χ1n) is 7.73. The highest BCUT2D eigenvalue weighted by atomic mass is 32.1. The second-order valence-electron chi connectivity index (χ2n) is 5.22. The number of rotatable bonds is 4. The topological polar surface area (TPSA) is 34.1 Å². The van der Waals surface area contributed by atoms with Gasteiger partial charge in [0.25, 0.3) is 0 Å². The number of thiophene rings is 1. The molecular weight excluding hydrogens is 320 g/mol. The van der Waals surface area contributed by atoms with Crippen LogP contribution in [-0.2, 0) is 0 Å². The van der Waals surface area contributed by atoms with Crippen LogP contribution in [0.4, 0.5) is 11.4 Å². The van der Waals surface area contributed by atoms with Gasteiger partial charge in [0.2, 0.25) is 0 Å². The molecule has 5 heteroatoms. The average molecular weight is 336 g/mol. The molecule has 0 bridgehead atoms. The zero-order chi connectivity index (χ0) is 16.2. The lowest BCUT2D eigenvalue weighted by atomic mass is 10.2. The monoisotopic (exact) mass is 336 g/mol. The first-order chi connectivity index (χ1) is 11.9. The molecule has 2 heterocycles. The molecule has 0 unspecified atom stereocenters. The molecular formula is C19H16N2O2S. The smallest absolute Gasteiger partial charge is 0.180 e. The predicted octanol–water partition coefficient (Wildman–Crippen LogP) is 4.69. The first-order valence-corrected chi connectivity index (χ1v) is 8.61. The van der Waals surface area contributed by atoms with Crippen molar-refractivity contribution in [3.05, 3.63) is 70.9 Å². The molecule has 0 spiro atoms. The maximum Gasteiger partial charge on any atom is 0.180 e. The molecule has 0 atom stereocenters. The van der Waals surface area contributed by atoms with Gasteiger partial charge in [-0.25, -0.2) is 5.01 Å². The van der Waals surface area contributed by atoms with Crippen molar-refractivity contribution in [2.45, 2.75) is 0 Å². The van der Waals surface area contributed by atoms with Crippen LogP contribution in [-0.4, -0.2) is 19.4 Å². The molecule has 4 nitrogen and oxygen atoms in total. The standard InChI is InChI=1S/C19H16N2O2S/c1-3-7-15(8-4-1)21(16-9-5-2-6-10-16)20-13-18-19-17(14-24-18)22-11-12-23-19/h1-10,13-14H,11-12H2. The molecule has 1 aliphatic rings. The van der Waals surface area contributed by atoms with Gasteiger partial charge in [-0.3, -0.25) is 0 Å². The molecule has 0 fully saturated rings. The Morgan fingerprint density at radius 1 is 0.875 bits per heavy atom. The highest BCUT2D eigenvalue weighted by Crippen LogP contribution is 2.38. The summed E-state index contributed by atoms with van der Waals surface area (Å²) >= 11 is 1.57. The van der Waals surface area contributed by atoms with Crippen LogP contribution in [0.5, 0.6) is 11.5 Å². The Balaban J connectivity index is 1.69. The van der Waals surface area contributed by atoms with Crippen LogP contribution < -0.4 is 14.5 Å². The Bertz CT molecular complexity index is 792. The molecule has 0 amide bonds. The SMILES string of the molecule is C(=NN(c1ccccc1)c1ccccc1)c1scc2c1OCCO2. The van der Waals surface area contributed by atoms with Crippen molar-refractivity contribution in [2.75, 3.05) is 18.2 Å². The van der Waals surface area contributed by atoms with E-state index < -0.39 is 0 Å². The van der Waals surface area contributed by atoms with Crippen LogP contribution >= 0.6 is 11.3 Å². The summed E-state index contributed by atoms with van der Waals surface area (Å²) in [6.07, 6.45) is 1.83. The molecule has 0 aliphatic carbocycles. The summed E-state index contributed by atoms with van der Waals surface area (Å²) in [5, 5.41) is 8.57. The predicted molar refractivity (Wildman–Crippen MR) is 97.9 cm³/mol. The zero-order valence-corrected chi connectivity index (χ0v) is 13.8. The van der Waals surface area contributed by atoms with E-state index in [0.717, 1.165) is 27.8 Å². The van der Waals surface area contributed by atoms with Crippen molar-refractivity contribution in [1.29, 1.82) is 0 Å². The number of hydrogen-bond donors (Lipinski definition) is 0. The highest BCUT2D eigenvalue weighted by molar-refractivity contribution is 7.12. The van der Waals surface area contributed by atoms with Crippen LogP contribution in [0.25, 0.3) is 0 Å². The minimum atomic E-state index is 0.575. The van der Waals surface area contributed by atoms with E-state index in [1.54, 1.807) is 11.3 Å². The van der Waals surface area contributed by atoms with E-state index in [1.807, 2.05) is 77.3 Å². The van der Waals surface area contributed by atoms with E-state index in [9.17, 15) is 0 Å². The number of ether oxygens (including phenoxy) is 2. The summed E-state index contributed by atoms with van der Waals surface area (Å²) < 4.78 is 11.3. The van der Waals surface area contributed by atoms with Crippen LogP contribution in [0, 0.1) is 0 Å². The van der Waals surface area contributed by atoms with Crippen molar-refractivity contribution in [3.8, 4) is 11.5 Å². The van der Waals surface area contributed by atoms with Crippen LogP contribution in [0.3, 0.4) is 0 Å². The van der Waals surface area contributed by atoms with Gasteiger partial charge in [0.05, 0.1) is 22.5 Å². The fraction of sp³-hybridized carbons (Fsp3) is 0.105. The summed E-state index contributed by atoms with van der Waals surface area (Å²) in [4.78, 5) is 0.960. The minimum Gasteiger partial charge on any atom is -0.485 e. The molecule has 1 aliphatic heterocycles. The van der Waals surface area contributed by atoms with Gasteiger partial charge in [-0.05, 0) is 24.3 Å². The summed E-state index contributed by atoms with van der Waals surface area (Å²) in [5.41, 5.74) is 2.00. The Kier molecular flexibility index (Phi) is 4.16. The lowest BCUT2D eigenvalue weighted by molar-refractivity contribution is 0.173. The van der Waals surface area contributed by atoms with Gasteiger partial charge < -0.3 is 9.47 Å². The van der Waals surface area contributed by atoms with Crippen LogP contribution in [0.1, 0.15) is 4.88 Å². The number of hydrazone groups is 1. The van der Waals surface area contributed by atoms with Crippen molar-refractivity contribution < 1.29 is 9.47 Å². The lowest BCUT2D eigenvalue weighted by Crippen LogP contribution is -2.15. The van der Waals surface area contributed by atoms with Gasteiger partial charge in [0.15, 0.2) is 11.5 Å². The minimum absolute atomic E-state index is 0.575. The molecule has 3 aromatic rings. The van der Waals surface area contributed by atoms with E-state index in [4.69, 9.17) is 14.6 Å². The Labute approximate surface area is 144 Å². The van der Waals surface area contributed by atoms with Gasteiger partial charge in [-0.15, -0.1) is 11.3 Å². The third-order valence-corrected chi connectivity index (χ3v) is 4.50. The molecule has 2 aromatic carbocycles. The number of para-hydroxylation sites is 2. The number of benzene rings is 2. The van der Waals surface area contributed by atoms with Crippen LogP contribution in [0.2, 0.25) is 0 Å². The second-order valence-corrected chi connectivity index (χ2v) is 6.13.